The highest BCUT2D eigenvalue weighted by Crippen LogP contribution is 2.14. The number of nitrogen functional groups attached to an aromatic ring is 1. The maximum atomic E-state index is 5.57. The number of nitrogens with two attached hydrogens (primary N) is 1. The summed E-state index contributed by atoms with van der Waals surface area (Å²) in [5.74, 6) is 0.726. The van der Waals surface area contributed by atoms with Gasteiger partial charge in [0.05, 0.1) is 5.03 Å². The maximum absolute atomic E-state index is 5.57. The van der Waals surface area contributed by atoms with Crippen molar-refractivity contribution in [1.82, 2.24) is 0 Å². The van der Waals surface area contributed by atoms with Crippen LogP contribution in [0.15, 0.2) is 35.6 Å². The van der Waals surface area contributed by atoms with Crippen LogP contribution in [0, 0.1) is 0 Å². The van der Waals surface area contributed by atoms with E-state index in [1.807, 2.05) is 0 Å². The van der Waals surface area contributed by atoms with Crippen LogP contribution in [0.2, 0.25) is 0 Å². The minimum atomic E-state index is 0.604. The predicted molar refractivity (Wildman–Crippen MR) is 51.1 cm³/mol. The van der Waals surface area contributed by atoms with Crippen molar-refractivity contribution in [2.75, 3.05) is 5.73 Å². The normalized spacial score (nSPS) is 11.3. The minimum Gasteiger partial charge on any atom is -0.464 e. The molecule has 0 heterocycles. The van der Waals surface area contributed by atoms with Crippen LogP contribution in [-0.4, -0.2) is 0 Å². The molecule has 0 amide bonds. The van der Waals surface area contributed by atoms with Crippen molar-refractivity contribution in [2.24, 2.45) is 0 Å². The van der Waals surface area contributed by atoms with Crippen molar-refractivity contribution >= 4 is 17.3 Å². The maximum Gasteiger partial charge on any atom is 0.126 e. The lowest BCUT2D eigenvalue weighted by Crippen LogP contribution is -1.85. The van der Waals surface area contributed by atoms with Gasteiger partial charge in [-0.1, -0.05) is 11.6 Å². The third-order valence-corrected chi connectivity index (χ3v) is 1.33. The van der Waals surface area contributed by atoms with Crippen molar-refractivity contribution in [3.8, 4) is 5.75 Å². The average molecular weight is 184 g/mol. The summed E-state index contributed by atoms with van der Waals surface area (Å²) in [6.07, 6.45) is 1.48. The summed E-state index contributed by atoms with van der Waals surface area (Å²) < 4.78 is 5.17. The highest BCUT2D eigenvalue weighted by Gasteiger charge is 1.89. The first kappa shape index (κ1) is 8.94. The topological polar surface area (TPSA) is 35.2 Å². The number of ether oxygens (including phenoxy) is 1. The average Bonchev–Trinajstić information content (AvgIpc) is 2.03. The molecule has 0 aliphatic carbocycles. The fourth-order valence-electron chi connectivity index (χ4n) is 0.696. The molecule has 0 spiro atoms. The molecular formula is C9H10ClNO. The molecule has 3 heteroatoms. The summed E-state index contributed by atoms with van der Waals surface area (Å²) in [4.78, 5) is 0. The first-order valence-electron chi connectivity index (χ1n) is 3.53. The zero-order chi connectivity index (χ0) is 8.97. The van der Waals surface area contributed by atoms with Gasteiger partial charge in [-0.25, -0.2) is 0 Å². The smallest absolute Gasteiger partial charge is 0.126 e. The summed E-state index contributed by atoms with van der Waals surface area (Å²) in [6, 6.07) is 7.11. The van der Waals surface area contributed by atoms with E-state index in [9.17, 15) is 0 Å². The molecule has 2 nitrogen and oxygen atoms in total. The van der Waals surface area contributed by atoms with Crippen LogP contribution in [-0.2, 0) is 0 Å². The van der Waals surface area contributed by atoms with Gasteiger partial charge in [0, 0.05) is 5.69 Å². The van der Waals surface area contributed by atoms with Crippen molar-refractivity contribution in [3.63, 3.8) is 0 Å². The Morgan fingerprint density at radius 1 is 1.42 bits per heavy atom. The Morgan fingerprint density at radius 3 is 2.50 bits per heavy atom. The third kappa shape index (κ3) is 2.84. The van der Waals surface area contributed by atoms with Gasteiger partial charge in [0.15, 0.2) is 0 Å². The molecule has 1 aromatic carbocycles. The Morgan fingerprint density at radius 2 is 2.00 bits per heavy atom. The molecule has 64 valence electrons. The number of anilines is 1. The van der Waals surface area contributed by atoms with Crippen LogP contribution in [0.5, 0.6) is 5.75 Å². The standard InChI is InChI=1S/C9H10ClNO/c1-7(10)6-12-9-4-2-8(11)3-5-9/h2-6H,11H2,1H3. The van der Waals surface area contributed by atoms with Crippen LogP contribution in [0.25, 0.3) is 0 Å². The molecule has 0 saturated heterocycles. The van der Waals surface area contributed by atoms with E-state index < -0.39 is 0 Å². The van der Waals surface area contributed by atoms with E-state index in [-0.39, 0.29) is 0 Å². The Bertz CT molecular complexity index is 275. The summed E-state index contributed by atoms with van der Waals surface area (Å²) in [6.45, 7) is 1.75. The number of hydrogen-bond acceptors (Lipinski definition) is 2. The highest BCUT2D eigenvalue weighted by molar-refractivity contribution is 6.29. The second-order valence-corrected chi connectivity index (χ2v) is 2.99. The van der Waals surface area contributed by atoms with E-state index in [2.05, 4.69) is 0 Å². The first-order chi connectivity index (χ1) is 5.68. The molecule has 1 rings (SSSR count). The number of rotatable bonds is 2. The van der Waals surface area contributed by atoms with Crippen LogP contribution in [0.4, 0.5) is 5.69 Å². The van der Waals surface area contributed by atoms with Crippen LogP contribution < -0.4 is 10.5 Å². The Balaban J connectivity index is 2.65. The largest absolute Gasteiger partial charge is 0.464 e. The highest BCUT2D eigenvalue weighted by atomic mass is 35.5. The molecule has 0 aliphatic rings. The second-order valence-electron chi connectivity index (χ2n) is 2.39. The molecule has 2 N–H and O–H groups in total. The molecule has 0 aromatic heterocycles. The fourth-order valence-corrected chi connectivity index (χ4v) is 0.740. The Hall–Kier alpha value is -1.15. The number of benzene rings is 1. The van der Waals surface area contributed by atoms with Gasteiger partial charge in [0.25, 0.3) is 0 Å². The fraction of sp³-hybridized carbons (Fsp3) is 0.111. The monoisotopic (exact) mass is 183 g/mol. The molecule has 0 fully saturated rings. The lowest BCUT2D eigenvalue weighted by Gasteiger charge is -1.99. The zero-order valence-electron chi connectivity index (χ0n) is 6.75. The quantitative estimate of drug-likeness (QED) is 0.565. The zero-order valence-corrected chi connectivity index (χ0v) is 7.51. The van der Waals surface area contributed by atoms with Gasteiger partial charge >= 0.3 is 0 Å². The van der Waals surface area contributed by atoms with Crippen molar-refractivity contribution in [2.45, 2.75) is 6.92 Å². The summed E-state index contributed by atoms with van der Waals surface area (Å²) in [5, 5.41) is 0.604. The van der Waals surface area contributed by atoms with Gasteiger partial charge in [-0.2, -0.15) is 0 Å². The summed E-state index contributed by atoms with van der Waals surface area (Å²) >= 11 is 5.57. The molecule has 0 bridgehead atoms. The van der Waals surface area contributed by atoms with Gasteiger partial charge in [-0.3, -0.25) is 0 Å². The molecule has 0 saturated carbocycles. The van der Waals surface area contributed by atoms with Gasteiger partial charge in [-0.15, -0.1) is 0 Å². The number of hydrogen-bond donors (Lipinski definition) is 1. The van der Waals surface area contributed by atoms with E-state index in [1.54, 1.807) is 31.2 Å². The molecule has 0 aliphatic heterocycles. The lowest BCUT2D eigenvalue weighted by molar-refractivity contribution is 0.479. The number of halogens is 1. The van der Waals surface area contributed by atoms with Crippen LogP contribution in [0.1, 0.15) is 6.92 Å². The molecule has 0 radical (unpaired) electrons. The summed E-state index contributed by atoms with van der Waals surface area (Å²) in [5.41, 5.74) is 6.20. The van der Waals surface area contributed by atoms with Gasteiger partial charge in [-0.05, 0) is 31.2 Å². The lowest BCUT2D eigenvalue weighted by atomic mass is 10.3. The molecule has 0 atom stereocenters. The van der Waals surface area contributed by atoms with Crippen molar-refractivity contribution in [3.05, 3.63) is 35.6 Å². The van der Waals surface area contributed by atoms with Crippen molar-refractivity contribution in [1.29, 1.82) is 0 Å². The van der Waals surface area contributed by atoms with E-state index in [0.717, 1.165) is 5.75 Å². The van der Waals surface area contributed by atoms with E-state index in [0.29, 0.717) is 10.7 Å². The Kier molecular flexibility index (Phi) is 3.00. The molecule has 12 heavy (non-hydrogen) atoms. The third-order valence-electron chi connectivity index (χ3n) is 1.24. The van der Waals surface area contributed by atoms with E-state index in [4.69, 9.17) is 22.1 Å². The predicted octanol–water partition coefficient (Wildman–Crippen LogP) is 2.75. The second kappa shape index (κ2) is 4.02. The molecular weight excluding hydrogens is 174 g/mol. The van der Waals surface area contributed by atoms with Gasteiger partial charge in [0.1, 0.15) is 12.0 Å². The van der Waals surface area contributed by atoms with Crippen LogP contribution in [0.3, 0.4) is 0 Å². The van der Waals surface area contributed by atoms with E-state index >= 15 is 0 Å². The van der Waals surface area contributed by atoms with Crippen LogP contribution >= 0.6 is 11.6 Å². The minimum absolute atomic E-state index is 0.604. The first-order valence-corrected chi connectivity index (χ1v) is 3.91. The summed E-state index contributed by atoms with van der Waals surface area (Å²) in [7, 11) is 0. The molecule has 1 aromatic rings. The van der Waals surface area contributed by atoms with Crippen molar-refractivity contribution < 1.29 is 4.74 Å². The van der Waals surface area contributed by atoms with Gasteiger partial charge in [0.2, 0.25) is 0 Å². The Labute approximate surface area is 76.6 Å². The van der Waals surface area contributed by atoms with Gasteiger partial charge < -0.3 is 10.5 Å². The number of allylic oxidation sites excluding steroid dienone is 1. The molecule has 0 unspecified atom stereocenters. The van der Waals surface area contributed by atoms with E-state index in [1.165, 1.54) is 6.26 Å². The SMILES string of the molecule is CC(Cl)=COc1ccc(N)cc1.